The zero-order chi connectivity index (χ0) is 15.8. The Labute approximate surface area is 156 Å². The number of nitrogens with one attached hydrogen (secondary N) is 1. The van der Waals surface area contributed by atoms with Gasteiger partial charge in [0.1, 0.15) is 0 Å². The Hall–Kier alpha value is -0.570. The predicted octanol–water partition coefficient (Wildman–Crippen LogP) is 2.02. The van der Waals surface area contributed by atoms with Crippen LogP contribution >= 0.6 is 24.0 Å². The summed E-state index contributed by atoms with van der Waals surface area (Å²) in [5.41, 5.74) is 0. The molecule has 2 heterocycles. The number of hydrogen-bond donors (Lipinski definition) is 1. The summed E-state index contributed by atoms with van der Waals surface area (Å²) in [5.74, 6) is 0.916. The van der Waals surface area contributed by atoms with Crippen LogP contribution in [0, 0.1) is 5.92 Å². The lowest BCUT2D eigenvalue weighted by Gasteiger charge is -2.33. The number of nitrogens with zero attached hydrogens (tertiary/aromatic N) is 2. The first-order valence-electron chi connectivity index (χ1n) is 8.47. The van der Waals surface area contributed by atoms with Crippen molar-refractivity contribution in [1.29, 1.82) is 0 Å². The second kappa shape index (κ2) is 11.1. The molecule has 0 radical (unpaired) electrons. The smallest absolute Gasteiger partial charge is 0.308 e. The number of methoxy groups -OCH3 is 1. The van der Waals surface area contributed by atoms with Crippen molar-refractivity contribution in [2.75, 3.05) is 39.9 Å². The van der Waals surface area contributed by atoms with E-state index in [0.29, 0.717) is 6.10 Å². The van der Waals surface area contributed by atoms with Gasteiger partial charge in [0.2, 0.25) is 0 Å². The zero-order valence-corrected chi connectivity index (χ0v) is 16.6. The van der Waals surface area contributed by atoms with E-state index in [-0.39, 0.29) is 35.9 Å². The minimum atomic E-state index is -0.0834. The van der Waals surface area contributed by atoms with Gasteiger partial charge in [0.15, 0.2) is 5.96 Å². The molecular formula is C16H30IN3O3. The highest BCUT2D eigenvalue weighted by Crippen LogP contribution is 2.19. The van der Waals surface area contributed by atoms with Crippen molar-refractivity contribution < 1.29 is 14.3 Å². The second-order valence-corrected chi connectivity index (χ2v) is 5.94. The Bertz CT molecular complexity index is 379. The molecule has 2 rings (SSSR count). The minimum Gasteiger partial charge on any atom is -0.469 e. The molecule has 1 unspecified atom stereocenters. The highest BCUT2D eigenvalue weighted by atomic mass is 127. The van der Waals surface area contributed by atoms with Gasteiger partial charge in [-0.05, 0) is 39.0 Å². The molecule has 0 amide bonds. The lowest BCUT2D eigenvalue weighted by Crippen LogP contribution is -2.46. The van der Waals surface area contributed by atoms with Crippen molar-refractivity contribution >= 4 is 35.9 Å². The monoisotopic (exact) mass is 439 g/mol. The number of halogens is 1. The van der Waals surface area contributed by atoms with Crippen molar-refractivity contribution in [1.82, 2.24) is 10.2 Å². The SMILES string of the molecule is CCNC(=NCCC1CCCO1)N1CCC(C(=O)OC)CC1.I. The van der Waals surface area contributed by atoms with Gasteiger partial charge in [-0.15, -0.1) is 24.0 Å². The minimum absolute atomic E-state index is 0. The van der Waals surface area contributed by atoms with Crippen molar-refractivity contribution in [3.63, 3.8) is 0 Å². The van der Waals surface area contributed by atoms with E-state index in [1.807, 2.05) is 0 Å². The molecule has 0 aliphatic carbocycles. The molecule has 23 heavy (non-hydrogen) atoms. The summed E-state index contributed by atoms with van der Waals surface area (Å²) < 4.78 is 10.5. The number of carbonyl (C=O) groups excluding carboxylic acids is 1. The van der Waals surface area contributed by atoms with Crippen LogP contribution in [0.15, 0.2) is 4.99 Å². The maximum absolute atomic E-state index is 11.6. The molecular weight excluding hydrogens is 409 g/mol. The van der Waals surface area contributed by atoms with Gasteiger partial charge < -0.3 is 19.7 Å². The van der Waals surface area contributed by atoms with Crippen LogP contribution in [0.25, 0.3) is 0 Å². The van der Waals surface area contributed by atoms with Crippen LogP contribution in [0.1, 0.15) is 39.0 Å². The fourth-order valence-electron chi connectivity index (χ4n) is 3.11. The van der Waals surface area contributed by atoms with Gasteiger partial charge in [-0.3, -0.25) is 9.79 Å². The molecule has 2 saturated heterocycles. The van der Waals surface area contributed by atoms with Crippen molar-refractivity contribution in [2.24, 2.45) is 10.9 Å². The Morgan fingerprint density at radius 3 is 2.65 bits per heavy atom. The Morgan fingerprint density at radius 2 is 2.09 bits per heavy atom. The molecule has 134 valence electrons. The van der Waals surface area contributed by atoms with Gasteiger partial charge >= 0.3 is 5.97 Å². The molecule has 2 fully saturated rings. The lowest BCUT2D eigenvalue weighted by molar-refractivity contribution is -0.146. The number of esters is 1. The topological polar surface area (TPSA) is 63.2 Å². The average Bonchev–Trinajstić information content (AvgIpc) is 3.07. The van der Waals surface area contributed by atoms with E-state index in [4.69, 9.17) is 14.5 Å². The van der Waals surface area contributed by atoms with Crippen LogP contribution in [-0.4, -0.2) is 62.8 Å². The molecule has 0 bridgehead atoms. The van der Waals surface area contributed by atoms with Crippen molar-refractivity contribution in [2.45, 2.75) is 45.1 Å². The average molecular weight is 439 g/mol. The summed E-state index contributed by atoms with van der Waals surface area (Å²) in [5, 5.41) is 3.35. The van der Waals surface area contributed by atoms with E-state index in [1.54, 1.807) is 0 Å². The van der Waals surface area contributed by atoms with E-state index in [2.05, 4.69) is 17.1 Å². The Morgan fingerprint density at radius 1 is 1.35 bits per heavy atom. The van der Waals surface area contributed by atoms with Crippen LogP contribution in [0.2, 0.25) is 0 Å². The van der Waals surface area contributed by atoms with Crippen LogP contribution < -0.4 is 5.32 Å². The third-order valence-electron chi connectivity index (χ3n) is 4.40. The summed E-state index contributed by atoms with van der Waals surface area (Å²) in [4.78, 5) is 18.6. The first-order valence-corrected chi connectivity index (χ1v) is 8.47. The number of guanidine groups is 1. The zero-order valence-electron chi connectivity index (χ0n) is 14.3. The third kappa shape index (κ3) is 6.45. The highest BCUT2D eigenvalue weighted by molar-refractivity contribution is 14.0. The Kier molecular flexibility index (Phi) is 9.85. The molecule has 2 aliphatic rings. The maximum Gasteiger partial charge on any atom is 0.308 e. The molecule has 0 aromatic rings. The number of likely N-dealkylation sites (tertiary alicyclic amines) is 1. The summed E-state index contributed by atoms with van der Waals surface area (Å²) in [6.45, 7) is 6.34. The number of carbonyl (C=O) groups is 1. The molecule has 7 heteroatoms. The van der Waals surface area contributed by atoms with Gasteiger partial charge in [-0.25, -0.2) is 0 Å². The molecule has 1 N–H and O–H groups in total. The van der Waals surface area contributed by atoms with Gasteiger partial charge in [0, 0.05) is 32.8 Å². The molecule has 1 atom stereocenters. The molecule has 0 saturated carbocycles. The fraction of sp³-hybridized carbons (Fsp3) is 0.875. The van der Waals surface area contributed by atoms with Gasteiger partial charge in [-0.2, -0.15) is 0 Å². The van der Waals surface area contributed by atoms with E-state index < -0.39 is 0 Å². The van der Waals surface area contributed by atoms with E-state index in [9.17, 15) is 4.79 Å². The first kappa shape index (κ1) is 20.5. The molecule has 0 spiro atoms. The summed E-state index contributed by atoms with van der Waals surface area (Å²) >= 11 is 0. The van der Waals surface area contributed by atoms with Crippen LogP contribution in [0.3, 0.4) is 0 Å². The predicted molar refractivity (Wildman–Crippen MR) is 101 cm³/mol. The number of piperidine rings is 1. The molecule has 2 aliphatic heterocycles. The second-order valence-electron chi connectivity index (χ2n) is 5.94. The lowest BCUT2D eigenvalue weighted by atomic mass is 9.97. The number of ether oxygens (including phenoxy) is 2. The Balaban J connectivity index is 0.00000264. The van der Waals surface area contributed by atoms with Crippen LogP contribution in [0.5, 0.6) is 0 Å². The van der Waals surface area contributed by atoms with E-state index >= 15 is 0 Å². The van der Waals surface area contributed by atoms with Crippen molar-refractivity contribution in [3.05, 3.63) is 0 Å². The summed E-state index contributed by atoms with van der Waals surface area (Å²) in [6.07, 6.45) is 5.39. The molecule has 6 nitrogen and oxygen atoms in total. The quantitative estimate of drug-likeness (QED) is 0.308. The van der Waals surface area contributed by atoms with Crippen LogP contribution in [-0.2, 0) is 14.3 Å². The number of hydrogen-bond acceptors (Lipinski definition) is 4. The van der Waals surface area contributed by atoms with Crippen LogP contribution in [0.4, 0.5) is 0 Å². The summed E-state index contributed by atoms with van der Waals surface area (Å²) in [7, 11) is 1.46. The van der Waals surface area contributed by atoms with E-state index in [1.165, 1.54) is 13.5 Å². The fourth-order valence-corrected chi connectivity index (χ4v) is 3.11. The molecule has 0 aromatic carbocycles. The molecule has 0 aromatic heterocycles. The third-order valence-corrected chi connectivity index (χ3v) is 4.40. The van der Waals surface area contributed by atoms with Gasteiger partial charge in [-0.1, -0.05) is 0 Å². The highest BCUT2D eigenvalue weighted by Gasteiger charge is 2.27. The van der Waals surface area contributed by atoms with E-state index in [0.717, 1.165) is 64.4 Å². The normalized spacial score (nSPS) is 22.6. The van der Waals surface area contributed by atoms with Gasteiger partial charge in [0.25, 0.3) is 0 Å². The maximum atomic E-state index is 11.6. The number of rotatable bonds is 5. The standard InChI is InChI=1S/C16H29N3O3.HI/c1-3-17-16(18-9-6-14-5-4-12-22-14)19-10-7-13(8-11-19)15(20)21-2;/h13-14H,3-12H2,1-2H3,(H,17,18);1H. The first-order chi connectivity index (χ1) is 10.7. The van der Waals surface area contributed by atoms with Gasteiger partial charge in [0.05, 0.1) is 19.1 Å². The van der Waals surface area contributed by atoms with Crippen molar-refractivity contribution in [3.8, 4) is 0 Å². The summed E-state index contributed by atoms with van der Waals surface area (Å²) in [6, 6.07) is 0. The largest absolute Gasteiger partial charge is 0.469 e. The number of aliphatic imine (C=N–C) groups is 1.